The lowest BCUT2D eigenvalue weighted by atomic mass is 9.95. The molecule has 1 unspecified atom stereocenters. The molecular weight excluding hydrogens is 408 g/mol. The maximum atomic E-state index is 13.5. The first kappa shape index (κ1) is 21.0. The minimum Gasteiger partial charge on any atom is -0.463 e. The number of carbonyl (C=O) groups excluding carboxylic acids is 1. The zero-order valence-electron chi connectivity index (χ0n) is 18.0. The lowest BCUT2D eigenvalue weighted by molar-refractivity contribution is -0.139. The van der Waals surface area contributed by atoms with Crippen molar-refractivity contribution < 1.29 is 9.53 Å². The van der Waals surface area contributed by atoms with Gasteiger partial charge in [0.1, 0.15) is 0 Å². The Morgan fingerprint density at radius 2 is 1.68 bits per heavy atom. The lowest BCUT2D eigenvalue weighted by Gasteiger charge is -2.24. The molecule has 4 rings (SSSR count). The number of aryl methyl sites for hydroxylation is 2. The average Bonchev–Trinajstić information content (AvgIpc) is 3.04. The quantitative estimate of drug-likeness (QED) is 0.594. The Hall–Kier alpha value is -3.25. The molecule has 2 aromatic carbocycles. The molecule has 2 heterocycles. The standard InChI is InChI=1S/C25H24N2O3S/c1-5-30-24(29)21-17(4)26-25-27(22(21)19-12-8-16(3)9-13-19)23(28)20(31-25)14-18-10-6-15(2)7-11-18/h6-14,22H,5H2,1-4H3/b20-14+. The largest absolute Gasteiger partial charge is 0.463 e. The molecule has 1 atom stereocenters. The Balaban J connectivity index is 1.94. The monoisotopic (exact) mass is 432 g/mol. The number of fused-ring (bicyclic) bond motifs is 1. The molecule has 3 aromatic rings. The first-order valence-electron chi connectivity index (χ1n) is 10.2. The van der Waals surface area contributed by atoms with Crippen molar-refractivity contribution in [3.63, 3.8) is 0 Å². The van der Waals surface area contributed by atoms with Crippen LogP contribution in [0.25, 0.3) is 6.08 Å². The normalized spacial score (nSPS) is 16.1. The van der Waals surface area contributed by atoms with Gasteiger partial charge in [0.05, 0.1) is 28.5 Å². The summed E-state index contributed by atoms with van der Waals surface area (Å²) in [7, 11) is 0. The van der Waals surface area contributed by atoms with Crippen molar-refractivity contribution in [1.29, 1.82) is 0 Å². The second-order valence-electron chi connectivity index (χ2n) is 7.62. The molecule has 31 heavy (non-hydrogen) atoms. The van der Waals surface area contributed by atoms with Crippen LogP contribution in [0.4, 0.5) is 0 Å². The van der Waals surface area contributed by atoms with Crippen LogP contribution in [-0.2, 0) is 9.53 Å². The number of ether oxygens (including phenoxy) is 1. The summed E-state index contributed by atoms with van der Waals surface area (Å²) in [6.45, 7) is 7.85. The van der Waals surface area contributed by atoms with Gasteiger partial charge in [0.15, 0.2) is 4.80 Å². The van der Waals surface area contributed by atoms with E-state index in [0.29, 0.717) is 20.6 Å². The Labute approximate surface area is 184 Å². The van der Waals surface area contributed by atoms with Gasteiger partial charge >= 0.3 is 5.97 Å². The molecule has 0 fully saturated rings. The third-order valence-electron chi connectivity index (χ3n) is 5.29. The SMILES string of the molecule is CCOC(=O)C1=C(C)N=c2s/c(=C/c3ccc(C)cc3)c(=O)n2C1c1ccc(C)cc1. The average molecular weight is 433 g/mol. The van der Waals surface area contributed by atoms with Gasteiger partial charge in [0.25, 0.3) is 5.56 Å². The van der Waals surface area contributed by atoms with Gasteiger partial charge in [0.2, 0.25) is 0 Å². The van der Waals surface area contributed by atoms with E-state index in [1.54, 1.807) is 18.4 Å². The molecule has 0 saturated heterocycles. The van der Waals surface area contributed by atoms with Crippen LogP contribution in [0.5, 0.6) is 0 Å². The van der Waals surface area contributed by atoms with Crippen LogP contribution in [0.3, 0.4) is 0 Å². The Bertz CT molecular complexity index is 1340. The second kappa shape index (κ2) is 8.47. The minimum atomic E-state index is -0.573. The number of rotatable bonds is 4. The summed E-state index contributed by atoms with van der Waals surface area (Å²) in [5.41, 5.74) is 4.88. The van der Waals surface area contributed by atoms with Gasteiger partial charge in [-0.1, -0.05) is 71.0 Å². The zero-order chi connectivity index (χ0) is 22.1. The summed E-state index contributed by atoms with van der Waals surface area (Å²) in [6.07, 6.45) is 1.87. The number of allylic oxidation sites excluding steroid dienone is 1. The first-order chi connectivity index (χ1) is 14.9. The van der Waals surface area contributed by atoms with E-state index in [1.165, 1.54) is 11.3 Å². The van der Waals surface area contributed by atoms with Crippen molar-refractivity contribution >= 4 is 23.4 Å². The summed E-state index contributed by atoms with van der Waals surface area (Å²) in [6, 6.07) is 15.3. The molecule has 5 nitrogen and oxygen atoms in total. The van der Waals surface area contributed by atoms with Crippen LogP contribution < -0.4 is 14.9 Å². The van der Waals surface area contributed by atoms with Crippen molar-refractivity contribution in [2.75, 3.05) is 6.61 Å². The van der Waals surface area contributed by atoms with Crippen molar-refractivity contribution in [1.82, 2.24) is 4.57 Å². The van der Waals surface area contributed by atoms with Crippen molar-refractivity contribution in [2.24, 2.45) is 4.99 Å². The topological polar surface area (TPSA) is 60.7 Å². The van der Waals surface area contributed by atoms with E-state index in [4.69, 9.17) is 4.74 Å². The van der Waals surface area contributed by atoms with E-state index in [2.05, 4.69) is 4.99 Å². The van der Waals surface area contributed by atoms with E-state index in [9.17, 15) is 9.59 Å². The number of nitrogens with zero attached hydrogens (tertiary/aromatic N) is 2. The Kier molecular flexibility index (Phi) is 5.74. The zero-order valence-corrected chi connectivity index (χ0v) is 18.8. The molecule has 0 saturated carbocycles. The lowest BCUT2D eigenvalue weighted by Crippen LogP contribution is -2.39. The summed E-state index contributed by atoms with van der Waals surface area (Å²) >= 11 is 1.34. The van der Waals surface area contributed by atoms with E-state index >= 15 is 0 Å². The fourth-order valence-electron chi connectivity index (χ4n) is 3.67. The maximum Gasteiger partial charge on any atom is 0.338 e. The van der Waals surface area contributed by atoms with Crippen LogP contribution in [0, 0.1) is 13.8 Å². The number of hydrogen-bond donors (Lipinski definition) is 0. The van der Waals surface area contributed by atoms with Crippen LogP contribution in [0.2, 0.25) is 0 Å². The molecular formula is C25H24N2O3S. The highest BCUT2D eigenvalue weighted by atomic mass is 32.1. The van der Waals surface area contributed by atoms with Crippen molar-refractivity contribution in [3.05, 3.63) is 102 Å². The number of hydrogen-bond acceptors (Lipinski definition) is 5. The molecule has 0 bridgehead atoms. The molecule has 0 amide bonds. The third-order valence-corrected chi connectivity index (χ3v) is 6.27. The molecule has 0 spiro atoms. The highest BCUT2D eigenvalue weighted by molar-refractivity contribution is 7.07. The summed E-state index contributed by atoms with van der Waals surface area (Å²) in [4.78, 5) is 31.5. The number of thiazole rings is 1. The maximum absolute atomic E-state index is 13.5. The molecule has 6 heteroatoms. The van der Waals surface area contributed by atoms with Gasteiger partial charge in [-0.25, -0.2) is 9.79 Å². The molecule has 1 aromatic heterocycles. The van der Waals surface area contributed by atoms with Crippen molar-refractivity contribution in [3.8, 4) is 0 Å². The highest BCUT2D eigenvalue weighted by Gasteiger charge is 2.33. The first-order valence-corrected chi connectivity index (χ1v) is 11.0. The van der Waals surface area contributed by atoms with Crippen LogP contribution >= 0.6 is 11.3 Å². The van der Waals surface area contributed by atoms with Crippen molar-refractivity contribution in [2.45, 2.75) is 33.7 Å². The van der Waals surface area contributed by atoms with E-state index in [0.717, 1.165) is 22.3 Å². The number of aromatic nitrogens is 1. The number of carbonyl (C=O) groups is 1. The number of esters is 1. The highest BCUT2D eigenvalue weighted by Crippen LogP contribution is 2.30. The smallest absolute Gasteiger partial charge is 0.338 e. The summed E-state index contributed by atoms with van der Waals surface area (Å²) in [5.74, 6) is -0.442. The van der Waals surface area contributed by atoms with Crippen LogP contribution in [-0.4, -0.2) is 17.1 Å². The van der Waals surface area contributed by atoms with Gasteiger partial charge in [-0.05, 0) is 44.9 Å². The van der Waals surface area contributed by atoms with Gasteiger partial charge in [-0.15, -0.1) is 0 Å². The van der Waals surface area contributed by atoms with Crippen LogP contribution in [0.15, 0.2) is 69.6 Å². The third kappa shape index (κ3) is 4.03. The Morgan fingerprint density at radius 1 is 1.06 bits per heavy atom. The molecule has 1 aliphatic rings. The van der Waals surface area contributed by atoms with Gasteiger partial charge < -0.3 is 4.74 Å². The fourth-order valence-corrected chi connectivity index (χ4v) is 4.72. The molecule has 1 aliphatic heterocycles. The predicted molar refractivity (Wildman–Crippen MR) is 123 cm³/mol. The van der Waals surface area contributed by atoms with Crippen LogP contribution in [0.1, 0.15) is 42.1 Å². The fraction of sp³-hybridized carbons (Fsp3) is 0.240. The van der Waals surface area contributed by atoms with E-state index in [1.807, 2.05) is 68.5 Å². The van der Waals surface area contributed by atoms with E-state index in [-0.39, 0.29) is 12.2 Å². The predicted octanol–water partition coefficient (Wildman–Crippen LogP) is 3.42. The Morgan fingerprint density at radius 3 is 2.29 bits per heavy atom. The molecule has 0 N–H and O–H groups in total. The molecule has 158 valence electrons. The van der Waals surface area contributed by atoms with Gasteiger partial charge in [0, 0.05) is 0 Å². The summed E-state index contributed by atoms with van der Waals surface area (Å²) < 4.78 is 7.52. The second-order valence-corrected chi connectivity index (χ2v) is 8.63. The summed E-state index contributed by atoms with van der Waals surface area (Å²) in [5, 5.41) is 0. The molecule has 0 radical (unpaired) electrons. The number of benzene rings is 2. The molecule has 0 aliphatic carbocycles. The van der Waals surface area contributed by atoms with Gasteiger partial charge in [-0.3, -0.25) is 9.36 Å². The van der Waals surface area contributed by atoms with E-state index < -0.39 is 12.0 Å². The van der Waals surface area contributed by atoms with Gasteiger partial charge in [-0.2, -0.15) is 0 Å². The minimum absolute atomic E-state index is 0.163.